The number of nitrogens with one attached hydrogen (secondary N) is 1. The lowest BCUT2D eigenvalue weighted by molar-refractivity contribution is 0.369. The molecule has 0 bridgehead atoms. The van der Waals surface area contributed by atoms with Gasteiger partial charge in [-0.05, 0) is 68.8 Å². The minimum atomic E-state index is -0.610. The Hall–Kier alpha value is -3.50. The average molecular weight is 470 g/mol. The lowest BCUT2D eigenvalue weighted by Gasteiger charge is -2.25. The molecule has 35 heavy (non-hydrogen) atoms. The Kier molecular flexibility index (Phi) is 5.23. The van der Waals surface area contributed by atoms with Crippen LogP contribution >= 0.6 is 0 Å². The highest BCUT2D eigenvalue weighted by atomic mass is 19.1. The van der Waals surface area contributed by atoms with Crippen LogP contribution in [-0.2, 0) is 0 Å². The third-order valence-corrected chi connectivity index (χ3v) is 7.88. The predicted octanol–water partition coefficient (Wildman–Crippen LogP) is 4.97. The van der Waals surface area contributed by atoms with Gasteiger partial charge in [0.1, 0.15) is 17.5 Å². The van der Waals surface area contributed by atoms with Gasteiger partial charge in [0.15, 0.2) is 0 Å². The van der Waals surface area contributed by atoms with Gasteiger partial charge in [-0.3, -0.25) is 9.36 Å². The second kappa shape index (κ2) is 8.31. The van der Waals surface area contributed by atoms with Crippen molar-refractivity contribution in [1.29, 1.82) is 0 Å². The summed E-state index contributed by atoms with van der Waals surface area (Å²) in [5.41, 5.74) is 3.11. The lowest BCUT2D eigenvalue weighted by atomic mass is 9.87. The topological polar surface area (TPSA) is 54.5 Å². The van der Waals surface area contributed by atoms with Crippen LogP contribution in [0.1, 0.15) is 42.7 Å². The summed E-state index contributed by atoms with van der Waals surface area (Å²) in [6, 6.07) is 12.5. The van der Waals surface area contributed by atoms with Crippen molar-refractivity contribution < 1.29 is 4.39 Å². The van der Waals surface area contributed by atoms with E-state index in [0.717, 1.165) is 39.0 Å². The van der Waals surface area contributed by atoms with Crippen molar-refractivity contribution >= 4 is 11.5 Å². The molecule has 1 spiro atoms. The molecule has 2 aliphatic heterocycles. The molecule has 1 aromatic heterocycles. The maximum Gasteiger partial charge on any atom is 0.263 e. The fraction of sp³-hybridized carbons (Fsp3) is 0.393. The van der Waals surface area contributed by atoms with E-state index < -0.39 is 5.82 Å². The minimum absolute atomic E-state index is 0.0426. The van der Waals surface area contributed by atoms with Gasteiger partial charge in [-0.25, -0.2) is 14.2 Å². The predicted molar refractivity (Wildman–Crippen MR) is 135 cm³/mol. The van der Waals surface area contributed by atoms with E-state index in [0.29, 0.717) is 34.4 Å². The maximum atomic E-state index is 14.7. The van der Waals surface area contributed by atoms with Crippen LogP contribution < -0.4 is 15.8 Å². The molecular weight excluding hydrogens is 441 g/mol. The third kappa shape index (κ3) is 3.82. The van der Waals surface area contributed by atoms with Crippen molar-refractivity contribution in [3.63, 3.8) is 0 Å². The van der Waals surface area contributed by atoms with E-state index in [9.17, 15) is 9.18 Å². The van der Waals surface area contributed by atoms with Crippen LogP contribution in [0.5, 0.6) is 0 Å². The molecule has 2 aromatic carbocycles. The zero-order valence-corrected chi connectivity index (χ0v) is 19.9. The molecule has 6 rings (SSSR count). The first-order valence-electron chi connectivity index (χ1n) is 12.4. The van der Waals surface area contributed by atoms with E-state index in [1.807, 2.05) is 19.1 Å². The van der Waals surface area contributed by atoms with Crippen LogP contribution in [0.2, 0.25) is 0 Å². The summed E-state index contributed by atoms with van der Waals surface area (Å²) in [5, 5.41) is 3.48. The van der Waals surface area contributed by atoms with Gasteiger partial charge in [-0.15, -0.1) is 0 Å². The molecule has 6 nitrogen and oxygen atoms in total. The van der Waals surface area contributed by atoms with Gasteiger partial charge in [0.2, 0.25) is 5.69 Å². The Morgan fingerprint density at radius 2 is 1.97 bits per heavy atom. The van der Waals surface area contributed by atoms with E-state index in [-0.39, 0.29) is 16.7 Å². The van der Waals surface area contributed by atoms with Gasteiger partial charge in [0.25, 0.3) is 5.56 Å². The van der Waals surface area contributed by atoms with Crippen molar-refractivity contribution in [2.45, 2.75) is 38.5 Å². The van der Waals surface area contributed by atoms with Gasteiger partial charge in [0, 0.05) is 30.6 Å². The van der Waals surface area contributed by atoms with Crippen molar-refractivity contribution in [3.8, 4) is 17.1 Å². The standard InChI is InChI=1S/C28H28FN5O/c1-18-25(33-14-12-28(17-33)11-13-31-16-28)32-26(21-7-10-24(30-2)23(29)15-21)34(27(18)35)22-8-5-20(6-9-22)19-3-4-19/h5-10,15,19,31H,3-4,11-14,16-17H2,1H3. The summed E-state index contributed by atoms with van der Waals surface area (Å²) < 4.78 is 16.2. The largest absolute Gasteiger partial charge is 0.356 e. The molecular formula is C28H28FN5O. The molecule has 178 valence electrons. The number of rotatable bonds is 4. The second-order valence-electron chi connectivity index (χ2n) is 10.3. The first-order valence-corrected chi connectivity index (χ1v) is 12.4. The fourth-order valence-electron chi connectivity index (χ4n) is 5.64. The summed E-state index contributed by atoms with van der Waals surface area (Å²) in [6.45, 7) is 12.7. The van der Waals surface area contributed by atoms with Gasteiger partial charge in [-0.2, -0.15) is 0 Å². The molecule has 3 aromatic rings. The lowest BCUT2D eigenvalue weighted by Crippen LogP contribution is -2.33. The molecule has 1 unspecified atom stereocenters. The second-order valence-corrected chi connectivity index (χ2v) is 10.3. The highest BCUT2D eigenvalue weighted by molar-refractivity contribution is 5.66. The number of anilines is 1. The number of hydrogen-bond acceptors (Lipinski definition) is 4. The highest BCUT2D eigenvalue weighted by Gasteiger charge is 2.41. The van der Waals surface area contributed by atoms with Crippen LogP contribution in [-0.4, -0.2) is 35.7 Å². The summed E-state index contributed by atoms with van der Waals surface area (Å²) in [6.07, 6.45) is 4.61. The van der Waals surface area contributed by atoms with Crippen molar-refractivity contribution in [1.82, 2.24) is 14.9 Å². The monoisotopic (exact) mass is 469 g/mol. The van der Waals surface area contributed by atoms with E-state index in [4.69, 9.17) is 11.6 Å². The Morgan fingerprint density at radius 3 is 2.63 bits per heavy atom. The Bertz CT molecular complexity index is 1390. The molecule has 0 radical (unpaired) electrons. The van der Waals surface area contributed by atoms with Crippen molar-refractivity contribution in [2.75, 3.05) is 31.1 Å². The molecule has 0 amide bonds. The van der Waals surface area contributed by atoms with Gasteiger partial charge in [0.05, 0.1) is 17.8 Å². The summed E-state index contributed by atoms with van der Waals surface area (Å²) >= 11 is 0. The SMILES string of the molecule is [C-]#[N+]c1ccc(-c2nc(N3CCC4(CCNC4)C3)c(C)c(=O)n2-c2ccc(C3CC3)cc2)cc1F. The Balaban J connectivity index is 1.50. The van der Waals surface area contributed by atoms with Gasteiger partial charge >= 0.3 is 0 Å². The fourth-order valence-corrected chi connectivity index (χ4v) is 5.64. The maximum absolute atomic E-state index is 14.7. The normalized spacial score (nSPS) is 21.6. The third-order valence-electron chi connectivity index (χ3n) is 7.88. The quantitative estimate of drug-likeness (QED) is 0.549. The summed E-state index contributed by atoms with van der Waals surface area (Å²) in [7, 11) is 0. The zero-order chi connectivity index (χ0) is 24.2. The first kappa shape index (κ1) is 22.0. The minimum Gasteiger partial charge on any atom is -0.356 e. The van der Waals surface area contributed by atoms with Crippen LogP contribution in [0.3, 0.4) is 0 Å². The van der Waals surface area contributed by atoms with E-state index >= 15 is 0 Å². The molecule has 1 saturated carbocycles. The molecule has 3 fully saturated rings. The van der Waals surface area contributed by atoms with Crippen LogP contribution in [0.15, 0.2) is 47.3 Å². The number of hydrogen-bond donors (Lipinski definition) is 1. The number of aromatic nitrogens is 2. The van der Waals surface area contributed by atoms with Crippen molar-refractivity contribution in [2.24, 2.45) is 5.41 Å². The smallest absolute Gasteiger partial charge is 0.263 e. The molecule has 3 aliphatic rings. The molecule has 1 N–H and O–H groups in total. The number of halogens is 1. The Morgan fingerprint density at radius 1 is 1.17 bits per heavy atom. The highest BCUT2D eigenvalue weighted by Crippen LogP contribution is 2.41. The number of nitrogens with zero attached hydrogens (tertiary/aromatic N) is 4. The van der Waals surface area contributed by atoms with E-state index in [2.05, 4.69) is 27.2 Å². The molecule has 3 heterocycles. The molecule has 1 aliphatic carbocycles. The average Bonchev–Trinajstić information content (AvgIpc) is 3.49. The molecule has 1 atom stereocenters. The first-order chi connectivity index (χ1) is 17.0. The van der Waals surface area contributed by atoms with E-state index in [1.165, 1.54) is 30.5 Å². The van der Waals surface area contributed by atoms with Crippen molar-refractivity contribution in [3.05, 3.63) is 81.2 Å². The molecule has 7 heteroatoms. The summed E-state index contributed by atoms with van der Waals surface area (Å²) in [4.78, 5) is 24.3. The van der Waals surface area contributed by atoms with Crippen LogP contribution in [0, 0.1) is 24.7 Å². The van der Waals surface area contributed by atoms with Crippen LogP contribution in [0.25, 0.3) is 21.9 Å². The van der Waals surface area contributed by atoms with Gasteiger partial charge < -0.3 is 10.2 Å². The van der Waals surface area contributed by atoms with Gasteiger partial charge in [-0.1, -0.05) is 24.3 Å². The summed E-state index contributed by atoms with van der Waals surface area (Å²) in [5.74, 6) is 1.08. The zero-order valence-electron chi connectivity index (χ0n) is 19.9. The molecule has 2 saturated heterocycles. The van der Waals surface area contributed by atoms with E-state index in [1.54, 1.807) is 10.6 Å². The Labute approximate surface area is 204 Å². The van der Waals surface area contributed by atoms with Crippen LogP contribution in [0.4, 0.5) is 15.9 Å². The number of benzene rings is 2.